The monoisotopic (exact) mass is 397 g/mol. The Kier molecular flexibility index (Phi) is 7.81. The smallest absolute Gasteiger partial charge is 0.267 e. The first-order valence-corrected chi connectivity index (χ1v) is 9.44. The van der Waals surface area contributed by atoms with E-state index in [-0.39, 0.29) is 12.0 Å². The summed E-state index contributed by atoms with van der Waals surface area (Å²) in [4.78, 5) is 24.2. The van der Waals surface area contributed by atoms with Crippen LogP contribution < -0.4 is 16.5 Å². The molecule has 0 spiro atoms. The predicted molar refractivity (Wildman–Crippen MR) is 109 cm³/mol. The number of hydroxylamine groups is 1. The van der Waals surface area contributed by atoms with Crippen molar-refractivity contribution in [1.82, 2.24) is 10.8 Å². The Morgan fingerprint density at radius 1 is 1.24 bits per heavy atom. The summed E-state index contributed by atoms with van der Waals surface area (Å²) in [6, 6.07) is 5.50. The van der Waals surface area contributed by atoms with Crippen LogP contribution in [0.1, 0.15) is 49.0 Å². The molecule has 1 aliphatic carbocycles. The van der Waals surface area contributed by atoms with E-state index in [1.807, 2.05) is 0 Å². The number of carbonyl (C=O) groups is 2. The van der Waals surface area contributed by atoms with Gasteiger partial charge in [0.05, 0.1) is 6.10 Å². The molecule has 0 radical (unpaired) electrons. The second-order valence-electron chi connectivity index (χ2n) is 7.61. The third-order valence-corrected chi connectivity index (χ3v) is 4.82. The van der Waals surface area contributed by atoms with Crippen LogP contribution in [0.3, 0.4) is 0 Å². The largest absolute Gasteiger partial charge is 0.380 e. The lowest BCUT2D eigenvalue weighted by atomic mass is 9.95. The molecule has 1 saturated carbocycles. The Morgan fingerprint density at radius 3 is 2.52 bits per heavy atom. The summed E-state index contributed by atoms with van der Waals surface area (Å²) in [5.41, 5.74) is 7.43. The minimum atomic E-state index is -1.10. The van der Waals surface area contributed by atoms with Gasteiger partial charge in [0.1, 0.15) is 6.04 Å². The highest BCUT2D eigenvalue weighted by Gasteiger charge is 2.33. The first kappa shape index (κ1) is 22.4. The molecule has 1 aromatic rings. The fraction of sp³-hybridized carbons (Fsp3) is 0.455. The second-order valence-corrected chi connectivity index (χ2v) is 7.61. The van der Waals surface area contributed by atoms with Crippen LogP contribution >= 0.6 is 0 Å². The molecule has 7 heteroatoms. The Hall–Kier alpha value is -2.84. The van der Waals surface area contributed by atoms with Crippen molar-refractivity contribution in [2.75, 3.05) is 7.11 Å². The molecule has 2 amide bonds. The number of amides is 2. The molecule has 0 unspecified atom stereocenters. The normalized spacial score (nSPS) is 19.2. The number of carbonyl (C=O) groups excluding carboxylic acids is 2. The molecule has 7 nitrogen and oxygen atoms in total. The van der Waals surface area contributed by atoms with Crippen molar-refractivity contribution in [1.29, 1.82) is 0 Å². The molecule has 1 aromatic carbocycles. The minimum absolute atomic E-state index is 0.192. The van der Waals surface area contributed by atoms with Gasteiger partial charge in [-0.1, -0.05) is 11.8 Å². The first-order chi connectivity index (χ1) is 13.8. The number of nitrogens with two attached hydrogens (primary N) is 1. The maximum atomic E-state index is 12.4. The van der Waals surface area contributed by atoms with Gasteiger partial charge < -0.3 is 15.8 Å². The molecule has 5 N–H and O–H groups in total. The van der Waals surface area contributed by atoms with Crippen molar-refractivity contribution in [3.8, 4) is 23.7 Å². The molecule has 0 bridgehead atoms. The van der Waals surface area contributed by atoms with Crippen LogP contribution in [0.5, 0.6) is 0 Å². The molecule has 3 atom stereocenters. The quantitative estimate of drug-likeness (QED) is 0.339. The molecule has 1 aliphatic rings. The van der Waals surface area contributed by atoms with E-state index in [9.17, 15) is 9.59 Å². The summed E-state index contributed by atoms with van der Waals surface area (Å²) in [5.74, 6) is 10.8. The van der Waals surface area contributed by atoms with Gasteiger partial charge in [-0.2, -0.15) is 0 Å². The lowest BCUT2D eigenvalue weighted by Gasteiger charge is -2.29. The highest BCUT2D eigenvalue weighted by atomic mass is 16.5. The molecule has 0 aromatic heterocycles. The Morgan fingerprint density at radius 2 is 1.93 bits per heavy atom. The highest BCUT2D eigenvalue weighted by molar-refractivity contribution is 5.97. The fourth-order valence-corrected chi connectivity index (χ4v) is 3.18. The molecular weight excluding hydrogens is 370 g/mol. The summed E-state index contributed by atoms with van der Waals surface area (Å²) in [7, 11) is 1.71. The molecule has 0 saturated heterocycles. The number of hydrogen-bond donors (Lipinski definition) is 4. The number of methoxy groups -OCH3 is 1. The number of hydrogen-bond acceptors (Lipinski definition) is 5. The van der Waals surface area contributed by atoms with Gasteiger partial charge in [-0.25, -0.2) is 5.48 Å². The van der Waals surface area contributed by atoms with E-state index in [1.165, 1.54) is 5.48 Å². The van der Waals surface area contributed by atoms with Crippen LogP contribution in [0.4, 0.5) is 0 Å². The van der Waals surface area contributed by atoms with Crippen molar-refractivity contribution in [3.05, 3.63) is 35.4 Å². The van der Waals surface area contributed by atoms with Crippen molar-refractivity contribution in [3.63, 3.8) is 0 Å². The highest BCUT2D eigenvalue weighted by Crippen LogP contribution is 2.26. The van der Waals surface area contributed by atoms with Crippen LogP contribution in [0, 0.1) is 29.6 Å². The molecule has 154 valence electrons. The minimum Gasteiger partial charge on any atom is -0.380 e. The molecule has 29 heavy (non-hydrogen) atoms. The zero-order chi connectivity index (χ0) is 21.4. The molecule has 1 fully saturated rings. The summed E-state index contributed by atoms with van der Waals surface area (Å²) >= 11 is 0. The third kappa shape index (κ3) is 6.33. The number of nitrogens with one attached hydrogen (secondary N) is 2. The number of rotatable bonds is 5. The van der Waals surface area contributed by atoms with Crippen molar-refractivity contribution in [2.45, 2.75) is 50.8 Å². The fourth-order valence-electron chi connectivity index (χ4n) is 3.18. The summed E-state index contributed by atoms with van der Waals surface area (Å²) in [5, 5.41) is 11.4. The van der Waals surface area contributed by atoms with Gasteiger partial charge in [0.25, 0.3) is 11.8 Å². The molecular formula is C22H27N3O4. The predicted octanol–water partition coefficient (Wildman–Crippen LogP) is 1.20. The van der Waals surface area contributed by atoms with Gasteiger partial charge in [0, 0.05) is 29.7 Å². The van der Waals surface area contributed by atoms with Crippen LogP contribution in [-0.4, -0.2) is 41.8 Å². The maximum Gasteiger partial charge on any atom is 0.267 e. The standard InChI is InChI=1S/C22H27N3O4/c1-22(2,23)19(21(27)25-28)24-20(26)17-13-11-15(12-14-17)7-4-5-8-16-9-6-10-18(16)29-3/h11-14,16,18-19,28H,6,9-10,23H2,1-3H3,(H,24,26)(H,25,27)/t16-,18-,19+/m0/s1. The lowest BCUT2D eigenvalue weighted by Crippen LogP contribution is -2.61. The molecule has 2 rings (SSSR count). The maximum absolute atomic E-state index is 12.4. The third-order valence-electron chi connectivity index (χ3n) is 4.82. The van der Waals surface area contributed by atoms with E-state index in [0.717, 1.165) is 24.8 Å². The zero-order valence-electron chi connectivity index (χ0n) is 16.9. The van der Waals surface area contributed by atoms with E-state index in [0.29, 0.717) is 5.56 Å². The molecule has 0 aliphatic heterocycles. The van der Waals surface area contributed by atoms with Gasteiger partial charge in [0.2, 0.25) is 0 Å². The Balaban J connectivity index is 2.02. The number of ether oxygens (including phenoxy) is 1. The van der Waals surface area contributed by atoms with E-state index in [4.69, 9.17) is 15.7 Å². The average Bonchev–Trinajstić information content (AvgIpc) is 3.15. The van der Waals surface area contributed by atoms with Crippen molar-refractivity contribution in [2.24, 2.45) is 11.7 Å². The first-order valence-electron chi connectivity index (χ1n) is 9.44. The summed E-state index contributed by atoms with van der Waals surface area (Å²) in [6.07, 6.45) is 3.38. The average molecular weight is 397 g/mol. The molecule has 0 heterocycles. The van der Waals surface area contributed by atoms with E-state index in [1.54, 1.807) is 45.2 Å². The van der Waals surface area contributed by atoms with E-state index >= 15 is 0 Å². The van der Waals surface area contributed by atoms with E-state index < -0.39 is 23.4 Å². The SMILES string of the molecule is CO[C@H]1CCC[C@@H]1C#CC#Cc1ccc(C(=O)N[C@H](C(=O)NO)C(C)(C)N)cc1. The Labute approximate surface area is 171 Å². The van der Waals surface area contributed by atoms with Crippen molar-refractivity contribution < 1.29 is 19.5 Å². The van der Waals surface area contributed by atoms with Crippen LogP contribution in [0.15, 0.2) is 24.3 Å². The Bertz CT molecular complexity index is 851. The lowest BCUT2D eigenvalue weighted by molar-refractivity contribution is -0.132. The van der Waals surface area contributed by atoms with Gasteiger partial charge in [-0.3, -0.25) is 14.8 Å². The van der Waals surface area contributed by atoms with Crippen LogP contribution in [0.2, 0.25) is 0 Å². The van der Waals surface area contributed by atoms with E-state index in [2.05, 4.69) is 29.0 Å². The van der Waals surface area contributed by atoms with Gasteiger partial charge >= 0.3 is 0 Å². The van der Waals surface area contributed by atoms with Crippen LogP contribution in [0.25, 0.3) is 0 Å². The second kappa shape index (κ2) is 10.1. The van der Waals surface area contributed by atoms with Gasteiger partial charge in [-0.15, -0.1) is 0 Å². The van der Waals surface area contributed by atoms with Gasteiger partial charge in [-0.05, 0) is 69.2 Å². The number of benzene rings is 1. The zero-order valence-corrected chi connectivity index (χ0v) is 16.9. The summed E-state index contributed by atoms with van der Waals surface area (Å²) in [6.45, 7) is 3.15. The van der Waals surface area contributed by atoms with Crippen molar-refractivity contribution >= 4 is 11.8 Å². The van der Waals surface area contributed by atoms with Gasteiger partial charge in [0.15, 0.2) is 0 Å². The topological polar surface area (TPSA) is 114 Å². The summed E-state index contributed by atoms with van der Waals surface area (Å²) < 4.78 is 5.41. The van der Waals surface area contributed by atoms with Crippen LogP contribution in [-0.2, 0) is 9.53 Å².